The number of amides is 2. The Labute approximate surface area is 161 Å². The van der Waals surface area contributed by atoms with Gasteiger partial charge in [0.1, 0.15) is 18.4 Å². The van der Waals surface area contributed by atoms with Crippen LogP contribution in [-0.2, 0) is 11.0 Å². The molecule has 0 bridgehead atoms. The average molecular weight is 405 g/mol. The lowest BCUT2D eigenvalue weighted by molar-refractivity contribution is -0.137. The number of hydrogen-bond donors (Lipinski definition) is 1. The summed E-state index contributed by atoms with van der Waals surface area (Å²) in [5.74, 6) is -1.18. The molecule has 3 aromatic rings. The maximum atomic E-state index is 13.0. The first-order valence-electron chi connectivity index (χ1n) is 8.48. The van der Waals surface area contributed by atoms with E-state index in [9.17, 15) is 22.8 Å². The summed E-state index contributed by atoms with van der Waals surface area (Å²) >= 11 is 0. The number of carbonyl (C=O) groups is 2. The van der Waals surface area contributed by atoms with Crippen LogP contribution >= 0.6 is 0 Å². The summed E-state index contributed by atoms with van der Waals surface area (Å²) in [5.41, 5.74) is -0.351. The number of aromatic nitrogens is 3. The van der Waals surface area contributed by atoms with E-state index in [1.807, 2.05) is 0 Å². The molecule has 0 saturated heterocycles. The number of pyridine rings is 1. The molecule has 0 radical (unpaired) electrons. The fraction of sp³-hybridized carbons (Fsp3) is 0.222. The number of nitrogens with zero attached hydrogens (tertiary/aromatic N) is 4. The number of fused-ring (bicyclic) bond motifs is 2. The number of rotatable bonds is 2. The van der Waals surface area contributed by atoms with Crippen molar-refractivity contribution >= 4 is 23.1 Å². The third kappa shape index (κ3) is 3.35. The highest BCUT2D eigenvalue weighted by Gasteiger charge is 2.33. The van der Waals surface area contributed by atoms with Crippen molar-refractivity contribution in [3.63, 3.8) is 0 Å². The second kappa shape index (κ2) is 6.76. The molecule has 150 valence electrons. The maximum absolute atomic E-state index is 13.0. The van der Waals surface area contributed by atoms with Crippen LogP contribution in [0.5, 0.6) is 5.75 Å². The van der Waals surface area contributed by atoms with Crippen LogP contribution in [0.2, 0.25) is 0 Å². The van der Waals surface area contributed by atoms with Crippen molar-refractivity contribution in [2.45, 2.75) is 12.2 Å². The molecule has 1 N–H and O–H groups in total. The van der Waals surface area contributed by atoms with Crippen LogP contribution in [0, 0.1) is 0 Å². The number of anilines is 1. The van der Waals surface area contributed by atoms with E-state index in [0.29, 0.717) is 11.4 Å². The number of halogens is 3. The molecule has 0 saturated carbocycles. The van der Waals surface area contributed by atoms with Gasteiger partial charge in [-0.25, -0.2) is 0 Å². The van der Waals surface area contributed by atoms with E-state index in [2.05, 4.69) is 15.5 Å². The Hall–Kier alpha value is -3.63. The Bertz CT molecular complexity index is 1110. The number of alkyl halides is 3. The van der Waals surface area contributed by atoms with Gasteiger partial charge >= 0.3 is 6.18 Å². The third-order valence-electron chi connectivity index (χ3n) is 4.50. The lowest BCUT2D eigenvalue weighted by Gasteiger charge is -2.20. The second-order valence-electron chi connectivity index (χ2n) is 6.37. The number of ether oxygens (including phenoxy) is 1. The molecule has 1 aromatic carbocycles. The van der Waals surface area contributed by atoms with Gasteiger partial charge in [0.25, 0.3) is 11.8 Å². The SMILES string of the molecule is CN1C(=O)[C@@H](NC(=O)c2nnc3ccc(C(F)(F)F)cn23)COc2ccccc21. The van der Waals surface area contributed by atoms with Crippen molar-refractivity contribution in [3.8, 4) is 5.75 Å². The van der Waals surface area contributed by atoms with E-state index in [-0.39, 0.29) is 18.1 Å². The standard InChI is InChI=1S/C18H14F3N5O3/c1-25-12-4-2-3-5-13(12)29-9-11(17(25)28)22-16(27)15-24-23-14-7-6-10(8-26(14)15)18(19,20)21/h2-8,11H,9H2,1H3,(H,22,27)/t11-/m0/s1. The Morgan fingerprint density at radius 1 is 1.21 bits per heavy atom. The summed E-state index contributed by atoms with van der Waals surface area (Å²) in [6, 6.07) is 7.77. The number of carbonyl (C=O) groups excluding carboxylic acids is 2. The zero-order chi connectivity index (χ0) is 20.8. The van der Waals surface area contributed by atoms with Crippen molar-refractivity contribution in [2.75, 3.05) is 18.6 Å². The molecule has 29 heavy (non-hydrogen) atoms. The largest absolute Gasteiger partial charge is 0.489 e. The predicted molar refractivity (Wildman–Crippen MR) is 94.6 cm³/mol. The van der Waals surface area contributed by atoms with Gasteiger partial charge in [-0.15, -0.1) is 10.2 Å². The van der Waals surface area contributed by atoms with Crippen LogP contribution in [0.1, 0.15) is 16.2 Å². The van der Waals surface area contributed by atoms with Crippen molar-refractivity contribution in [3.05, 3.63) is 54.0 Å². The molecule has 3 heterocycles. The number of hydrogen-bond acceptors (Lipinski definition) is 5. The van der Waals surface area contributed by atoms with Crippen molar-refractivity contribution in [1.29, 1.82) is 0 Å². The normalized spacial score (nSPS) is 16.9. The van der Waals surface area contributed by atoms with Crippen LogP contribution in [0.3, 0.4) is 0 Å². The van der Waals surface area contributed by atoms with Gasteiger partial charge in [-0.1, -0.05) is 12.1 Å². The molecular formula is C18H14F3N5O3. The summed E-state index contributed by atoms with van der Waals surface area (Å²) < 4.78 is 45.5. The van der Waals surface area contributed by atoms with Gasteiger partial charge in [-0.3, -0.25) is 14.0 Å². The first-order valence-corrected chi connectivity index (χ1v) is 8.48. The summed E-state index contributed by atoms with van der Waals surface area (Å²) in [6.07, 6.45) is -3.86. The molecule has 2 aromatic heterocycles. The van der Waals surface area contributed by atoms with Gasteiger partial charge < -0.3 is 15.0 Å². The maximum Gasteiger partial charge on any atom is 0.417 e. The molecule has 1 atom stereocenters. The van der Waals surface area contributed by atoms with E-state index in [1.165, 1.54) is 11.9 Å². The Kier molecular flexibility index (Phi) is 4.36. The van der Waals surface area contributed by atoms with E-state index in [0.717, 1.165) is 22.7 Å². The van der Waals surface area contributed by atoms with Crippen LogP contribution < -0.4 is 15.0 Å². The first kappa shape index (κ1) is 18.7. The molecule has 8 nitrogen and oxygen atoms in total. The van der Waals surface area contributed by atoms with Crippen molar-refractivity contribution in [1.82, 2.24) is 19.9 Å². The fourth-order valence-corrected chi connectivity index (χ4v) is 2.99. The summed E-state index contributed by atoms with van der Waals surface area (Å²) in [4.78, 5) is 26.7. The van der Waals surface area contributed by atoms with Crippen molar-refractivity contribution < 1.29 is 27.5 Å². The second-order valence-corrected chi connectivity index (χ2v) is 6.37. The molecular weight excluding hydrogens is 391 g/mol. The quantitative estimate of drug-likeness (QED) is 0.704. The van der Waals surface area contributed by atoms with Crippen LogP contribution in [-0.4, -0.2) is 46.1 Å². The van der Waals surface area contributed by atoms with Gasteiger partial charge in [0, 0.05) is 13.2 Å². The lowest BCUT2D eigenvalue weighted by Crippen LogP contribution is -2.49. The topological polar surface area (TPSA) is 88.8 Å². The number of nitrogens with one attached hydrogen (secondary N) is 1. The first-order chi connectivity index (χ1) is 13.8. The molecule has 0 unspecified atom stereocenters. The number of benzene rings is 1. The Morgan fingerprint density at radius 3 is 2.72 bits per heavy atom. The highest BCUT2D eigenvalue weighted by atomic mass is 19.4. The van der Waals surface area contributed by atoms with Gasteiger partial charge in [-0.2, -0.15) is 13.2 Å². The highest BCUT2D eigenvalue weighted by Crippen LogP contribution is 2.30. The van der Waals surface area contributed by atoms with E-state index < -0.39 is 29.6 Å². The van der Waals surface area contributed by atoms with Crippen molar-refractivity contribution in [2.24, 2.45) is 0 Å². The van der Waals surface area contributed by atoms with Gasteiger partial charge in [0.15, 0.2) is 5.65 Å². The van der Waals surface area contributed by atoms with Crippen LogP contribution in [0.15, 0.2) is 42.6 Å². The van der Waals surface area contributed by atoms with Gasteiger partial charge in [0.2, 0.25) is 5.82 Å². The van der Waals surface area contributed by atoms with Crippen LogP contribution in [0.4, 0.5) is 18.9 Å². The predicted octanol–water partition coefficient (Wildman–Crippen LogP) is 1.90. The lowest BCUT2D eigenvalue weighted by atomic mass is 10.2. The van der Waals surface area contributed by atoms with E-state index >= 15 is 0 Å². The molecule has 0 aliphatic carbocycles. The van der Waals surface area contributed by atoms with E-state index in [1.54, 1.807) is 24.3 Å². The summed E-state index contributed by atoms with van der Waals surface area (Å²) in [6.45, 7) is -0.142. The van der Waals surface area contributed by atoms with E-state index in [4.69, 9.17) is 4.74 Å². The number of para-hydroxylation sites is 2. The molecule has 0 fully saturated rings. The Balaban J connectivity index is 1.61. The molecule has 0 spiro atoms. The fourth-order valence-electron chi connectivity index (χ4n) is 2.99. The minimum absolute atomic E-state index is 0.0658. The molecule has 11 heteroatoms. The number of likely N-dealkylation sites (N-methyl/N-ethyl adjacent to an activating group) is 1. The van der Waals surface area contributed by atoms with Gasteiger partial charge in [0.05, 0.1) is 11.3 Å². The summed E-state index contributed by atoms with van der Waals surface area (Å²) in [7, 11) is 1.54. The minimum atomic E-state index is -4.59. The zero-order valence-electron chi connectivity index (χ0n) is 15.0. The molecule has 4 rings (SSSR count). The average Bonchev–Trinajstić information content (AvgIpc) is 3.08. The smallest absolute Gasteiger partial charge is 0.417 e. The minimum Gasteiger partial charge on any atom is -0.489 e. The third-order valence-corrected chi connectivity index (χ3v) is 4.50. The molecule has 2 amide bonds. The molecule has 1 aliphatic rings. The van der Waals surface area contributed by atoms with Gasteiger partial charge in [-0.05, 0) is 24.3 Å². The highest BCUT2D eigenvalue weighted by molar-refractivity contribution is 6.02. The van der Waals surface area contributed by atoms with Crippen LogP contribution in [0.25, 0.3) is 5.65 Å². The Morgan fingerprint density at radius 2 is 1.97 bits per heavy atom. The summed E-state index contributed by atoms with van der Waals surface area (Å²) in [5, 5.41) is 9.82. The zero-order valence-corrected chi connectivity index (χ0v) is 15.0. The monoisotopic (exact) mass is 405 g/mol. The molecule has 1 aliphatic heterocycles.